The summed E-state index contributed by atoms with van der Waals surface area (Å²) >= 11 is 0. The van der Waals surface area contributed by atoms with Crippen LogP contribution in [0.4, 0.5) is 11.9 Å². The molecule has 9 nitrogen and oxygen atoms in total. The maximum atomic E-state index is 5.03. The number of fused-ring (bicyclic) bond motifs is 1. The van der Waals surface area contributed by atoms with Crippen molar-refractivity contribution in [2.45, 2.75) is 45.6 Å². The molecule has 2 N–H and O–H groups in total. The minimum Gasteiger partial charge on any atom is -0.350 e. The molecule has 2 aliphatic rings. The molecule has 1 spiro atoms. The number of nitrogens with zero attached hydrogens (tertiary/aromatic N) is 7. The number of para-hydroxylation sites is 1. The second-order valence-electron chi connectivity index (χ2n) is 10.2. The standard InChI is InChI=1S/C26H33N9/c1-19(2)21-16-30-35-23(21)31-25(33-14-10-26(18-33)9-5-11-27-17-26)32-24(35)28-15-20-7-3-4-8-22(20)34-13-6-12-29-34/h3-4,6-8,12-13,16,19,27H,5,9-11,14-15,17-18H2,1-2H3,(H,28,31,32). The van der Waals surface area contributed by atoms with Crippen LogP contribution < -0.4 is 15.5 Å². The van der Waals surface area contributed by atoms with Gasteiger partial charge in [-0.25, -0.2) is 4.68 Å². The molecule has 0 aliphatic carbocycles. The van der Waals surface area contributed by atoms with Crippen molar-refractivity contribution in [1.82, 2.24) is 34.7 Å². The lowest BCUT2D eigenvalue weighted by atomic mass is 9.80. The number of anilines is 2. The maximum absolute atomic E-state index is 5.03. The Bertz CT molecular complexity index is 1300. The molecule has 2 aliphatic heterocycles. The van der Waals surface area contributed by atoms with E-state index in [4.69, 9.17) is 9.97 Å². The average Bonchev–Trinajstić information content (AvgIpc) is 3.63. The molecule has 4 aromatic rings. The van der Waals surface area contributed by atoms with E-state index in [1.807, 2.05) is 33.7 Å². The highest BCUT2D eigenvalue weighted by molar-refractivity contribution is 5.57. The third kappa shape index (κ3) is 4.14. The summed E-state index contributed by atoms with van der Waals surface area (Å²) in [7, 11) is 0. The molecule has 0 radical (unpaired) electrons. The van der Waals surface area contributed by atoms with Crippen molar-refractivity contribution in [3.05, 3.63) is 60.0 Å². The Kier molecular flexibility index (Phi) is 5.64. The smallest absolute Gasteiger partial charge is 0.230 e. The zero-order chi connectivity index (χ0) is 23.8. The van der Waals surface area contributed by atoms with Crippen molar-refractivity contribution < 1.29 is 0 Å². The van der Waals surface area contributed by atoms with E-state index in [0.717, 1.165) is 60.5 Å². The molecule has 6 rings (SSSR count). The molecule has 2 fully saturated rings. The first-order valence-corrected chi connectivity index (χ1v) is 12.7. The third-order valence-electron chi connectivity index (χ3n) is 7.47. The van der Waals surface area contributed by atoms with Crippen molar-refractivity contribution >= 4 is 17.5 Å². The molecule has 9 heteroatoms. The minimum absolute atomic E-state index is 0.330. The Hall–Kier alpha value is -3.46. The van der Waals surface area contributed by atoms with E-state index in [0.29, 0.717) is 17.9 Å². The van der Waals surface area contributed by atoms with Crippen molar-refractivity contribution in [2.75, 3.05) is 36.4 Å². The summed E-state index contributed by atoms with van der Waals surface area (Å²) in [4.78, 5) is 12.4. The Labute approximate surface area is 205 Å². The highest BCUT2D eigenvalue weighted by Crippen LogP contribution is 2.38. The van der Waals surface area contributed by atoms with Crippen molar-refractivity contribution in [3.63, 3.8) is 0 Å². The van der Waals surface area contributed by atoms with Crippen LogP contribution in [0.1, 0.15) is 50.2 Å². The van der Waals surface area contributed by atoms with E-state index in [2.05, 4.69) is 57.8 Å². The van der Waals surface area contributed by atoms with Crippen molar-refractivity contribution in [2.24, 2.45) is 5.41 Å². The van der Waals surface area contributed by atoms with Gasteiger partial charge < -0.3 is 15.5 Å². The molecule has 1 unspecified atom stereocenters. The van der Waals surface area contributed by atoms with Gasteiger partial charge in [0.05, 0.1) is 11.9 Å². The van der Waals surface area contributed by atoms with Gasteiger partial charge in [0, 0.05) is 49.6 Å². The monoisotopic (exact) mass is 471 g/mol. The van der Waals surface area contributed by atoms with Crippen LogP contribution >= 0.6 is 0 Å². The number of nitrogens with one attached hydrogen (secondary N) is 2. The predicted molar refractivity (Wildman–Crippen MR) is 137 cm³/mol. The molecule has 35 heavy (non-hydrogen) atoms. The van der Waals surface area contributed by atoms with Gasteiger partial charge in [0.25, 0.3) is 0 Å². The summed E-state index contributed by atoms with van der Waals surface area (Å²) in [5.74, 6) is 1.84. The van der Waals surface area contributed by atoms with Gasteiger partial charge in [-0.15, -0.1) is 0 Å². The average molecular weight is 472 g/mol. The van der Waals surface area contributed by atoms with Gasteiger partial charge in [-0.05, 0) is 49.4 Å². The second kappa shape index (κ2) is 8.96. The lowest BCUT2D eigenvalue weighted by Crippen LogP contribution is -2.42. The summed E-state index contributed by atoms with van der Waals surface area (Å²) in [6, 6.07) is 10.2. The van der Waals surface area contributed by atoms with E-state index < -0.39 is 0 Å². The Morgan fingerprint density at radius 2 is 2.03 bits per heavy atom. The fourth-order valence-electron chi connectivity index (χ4n) is 5.50. The number of hydrogen-bond acceptors (Lipinski definition) is 7. The van der Waals surface area contributed by atoms with E-state index in [1.54, 1.807) is 6.20 Å². The van der Waals surface area contributed by atoms with Gasteiger partial charge in [-0.1, -0.05) is 32.0 Å². The first-order chi connectivity index (χ1) is 17.1. The zero-order valence-corrected chi connectivity index (χ0v) is 20.5. The maximum Gasteiger partial charge on any atom is 0.230 e. The lowest BCUT2D eigenvalue weighted by Gasteiger charge is -2.33. The van der Waals surface area contributed by atoms with Crippen LogP contribution in [-0.2, 0) is 6.54 Å². The largest absolute Gasteiger partial charge is 0.350 e. The zero-order valence-electron chi connectivity index (χ0n) is 20.5. The quantitative estimate of drug-likeness (QED) is 0.444. The van der Waals surface area contributed by atoms with Crippen LogP contribution in [0, 0.1) is 5.41 Å². The van der Waals surface area contributed by atoms with Crippen LogP contribution in [0.25, 0.3) is 11.3 Å². The molecule has 3 aromatic heterocycles. The lowest BCUT2D eigenvalue weighted by molar-refractivity contribution is 0.239. The number of piperidine rings is 1. The van der Waals surface area contributed by atoms with Crippen LogP contribution in [0.2, 0.25) is 0 Å². The van der Waals surface area contributed by atoms with Gasteiger partial charge in [-0.3, -0.25) is 0 Å². The summed E-state index contributed by atoms with van der Waals surface area (Å²) in [5.41, 5.74) is 4.54. The van der Waals surface area contributed by atoms with Crippen LogP contribution in [0.15, 0.2) is 48.9 Å². The SMILES string of the molecule is CC(C)c1cnn2c(NCc3ccccc3-n3cccn3)nc(N3CCC4(CCCNC4)C3)nc12. The van der Waals surface area contributed by atoms with Crippen molar-refractivity contribution in [3.8, 4) is 5.69 Å². The summed E-state index contributed by atoms with van der Waals surface area (Å²) in [5, 5.41) is 16.2. The van der Waals surface area contributed by atoms with E-state index in [9.17, 15) is 0 Å². The molecule has 0 saturated carbocycles. The minimum atomic E-state index is 0.330. The van der Waals surface area contributed by atoms with E-state index in [1.165, 1.54) is 19.3 Å². The van der Waals surface area contributed by atoms with Crippen LogP contribution in [-0.4, -0.2) is 55.5 Å². The summed E-state index contributed by atoms with van der Waals surface area (Å²) < 4.78 is 3.74. The highest BCUT2D eigenvalue weighted by Gasteiger charge is 2.40. The number of benzene rings is 1. The molecule has 2 saturated heterocycles. The normalized spacial score (nSPS) is 20.4. The third-order valence-corrected chi connectivity index (χ3v) is 7.47. The van der Waals surface area contributed by atoms with Crippen LogP contribution in [0.3, 0.4) is 0 Å². The predicted octanol–water partition coefficient (Wildman–Crippen LogP) is 3.63. The van der Waals surface area contributed by atoms with Crippen molar-refractivity contribution in [1.29, 1.82) is 0 Å². The number of rotatable bonds is 6. The van der Waals surface area contributed by atoms with Gasteiger partial charge in [-0.2, -0.15) is 24.7 Å². The molecule has 182 valence electrons. The van der Waals surface area contributed by atoms with E-state index in [-0.39, 0.29) is 0 Å². The number of aromatic nitrogens is 6. The van der Waals surface area contributed by atoms with Gasteiger partial charge >= 0.3 is 0 Å². The molecule has 0 bridgehead atoms. The molecule has 0 amide bonds. The summed E-state index contributed by atoms with van der Waals surface area (Å²) in [6.45, 7) is 9.19. The van der Waals surface area contributed by atoms with Gasteiger partial charge in [0.15, 0.2) is 5.65 Å². The fourth-order valence-corrected chi connectivity index (χ4v) is 5.50. The molecular weight excluding hydrogens is 438 g/mol. The Morgan fingerprint density at radius 3 is 2.83 bits per heavy atom. The molecular formula is C26H33N9. The molecule has 1 atom stereocenters. The summed E-state index contributed by atoms with van der Waals surface area (Å²) in [6.07, 6.45) is 9.40. The highest BCUT2D eigenvalue weighted by atomic mass is 15.4. The first-order valence-electron chi connectivity index (χ1n) is 12.7. The Morgan fingerprint density at radius 1 is 1.11 bits per heavy atom. The fraction of sp³-hybridized carbons (Fsp3) is 0.462. The van der Waals surface area contributed by atoms with E-state index >= 15 is 0 Å². The van der Waals surface area contributed by atoms with Gasteiger partial charge in [0.1, 0.15) is 0 Å². The van der Waals surface area contributed by atoms with Gasteiger partial charge in [0.2, 0.25) is 11.9 Å². The molecule has 5 heterocycles. The number of hydrogen-bond donors (Lipinski definition) is 2. The first kappa shape index (κ1) is 22.0. The topological polar surface area (TPSA) is 88.2 Å². The van der Waals surface area contributed by atoms with Crippen LogP contribution in [0.5, 0.6) is 0 Å². The second-order valence-corrected chi connectivity index (χ2v) is 10.2. The molecule has 1 aromatic carbocycles. The Balaban J connectivity index is 1.33.